The van der Waals surface area contributed by atoms with Crippen molar-refractivity contribution < 1.29 is 27.9 Å². The van der Waals surface area contributed by atoms with E-state index >= 15 is 0 Å². The Balaban J connectivity index is 2.58. The maximum atomic E-state index is 6.45. The summed E-state index contributed by atoms with van der Waals surface area (Å²) in [6, 6.07) is 0. The molecule has 0 aliphatic carbocycles. The summed E-state index contributed by atoms with van der Waals surface area (Å²) >= 11 is 1.29. The minimum absolute atomic E-state index is 0.274. The Bertz CT molecular complexity index is 564. The van der Waals surface area contributed by atoms with Gasteiger partial charge in [0, 0.05) is 0 Å². The van der Waals surface area contributed by atoms with Gasteiger partial charge in [-0.2, -0.15) is 0 Å². The fraction of sp³-hybridized carbons (Fsp3) is 0.958. The van der Waals surface area contributed by atoms with Crippen molar-refractivity contribution in [1.29, 1.82) is 0 Å². The van der Waals surface area contributed by atoms with Crippen molar-refractivity contribution in [2.45, 2.75) is 124 Å². The number of hydrogen-bond donors (Lipinski definition) is 0. The van der Waals surface area contributed by atoms with E-state index in [0.29, 0.717) is 0 Å². The molecule has 1 aliphatic heterocycles. The molecule has 1 saturated heterocycles. The van der Waals surface area contributed by atoms with Crippen molar-refractivity contribution in [3.05, 3.63) is 0 Å². The van der Waals surface area contributed by atoms with Gasteiger partial charge in [-0.25, -0.2) is 0 Å². The van der Waals surface area contributed by atoms with Crippen LogP contribution in [0.3, 0.4) is 0 Å². The molecule has 0 atom stereocenters. The quantitative estimate of drug-likeness (QED) is 0.149. The minimum atomic E-state index is -2.31. The third kappa shape index (κ3) is 13.6. The predicted molar refractivity (Wildman–Crippen MR) is 132 cm³/mol. The van der Waals surface area contributed by atoms with E-state index in [9.17, 15) is 0 Å². The van der Waals surface area contributed by atoms with Crippen LogP contribution in [0.1, 0.15) is 113 Å². The molecule has 0 spiro atoms. The van der Waals surface area contributed by atoms with Gasteiger partial charge in [-0.05, 0) is 0 Å². The summed E-state index contributed by atoms with van der Waals surface area (Å²) in [7, 11) is 2.14. The topological polar surface area (TPSA) is 37.3 Å². The van der Waals surface area contributed by atoms with Gasteiger partial charge in [0.25, 0.3) is 0 Å². The fourth-order valence-corrected chi connectivity index (χ4v) is 11.3. The molecule has 1 aliphatic rings. The molecule has 31 heavy (non-hydrogen) atoms. The average Bonchev–Trinajstić information content (AvgIpc) is 2.93. The van der Waals surface area contributed by atoms with Crippen LogP contribution in [0.2, 0.25) is 0 Å². The summed E-state index contributed by atoms with van der Waals surface area (Å²) < 4.78 is 18.1. The molecule has 0 saturated carbocycles. The average molecular weight is 627 g/mol. The first-order chi connectivity index (χ1) is 14.4. The number of hydrogen-bond acceptors (Lipinski definition) is 3. The molecule has 0 N–H and O–H groups in total. The van der Waals surface area contributed by atoms with Gasteiger partial charge in [-0.15, -0.1) is 0 Å². The molecule has 184 valence electrons. The molecule has 1 heterocycles. The van der Waals surface area contributed by atoms with Crippen LogP contribution in [0.25, 0.3) is 0 Å². The number of rotatable bonds is 14. The number of unbranched alkanes of at least 4 members (excludes halogenated alkanes) is 9. The molecule has 0 unspecified atom stereocenters. The van der Waals surface area contributed by atoms with Crippen LogP contribution in [0.4, 0.5) is 0 Å². The Labute approximate surface area is 204 Å². The summed E-state index contributed by atoms with van der Waals surface area (Å²) in [5.74, 6) is 1.06. The van der Waals surface area contributed by atoms with Crippen molar-refractivity contribution in [2.24, 2.45) is 4.76 Å². The van der Waals surface area contributed by atoms with E-state index in [1.165, 1.54) is 83.0 Å². The first-order valence-electron chi connectivity index (χ1n) is 12.4. The maximum absolute atomic E-state index is 6.45. The van der Waals surface area contributed by atoms with Crippen LogP contribution in [-0.2, 0) is 27.9 Å². The van der Waals surface area contributed by atoms with Crippen LogP contribution in [-0.4, -0.2) is 53.6 Å². The number of likely N-dealkylation sites (N-methyl/N-ethyl adjacent to an activating group) is 1. The van der Waals surface area contributed by atoms with Crippen LogP contribution < -0.4 is 0 Å². The molecule has 0 aromatic heterocycles. The van der Waals surface area contributed by atoms with Crippen molar-refractivity contribution in [3.63, 3.8) is 0 Å². The predicted octanol–water partition coefficient (Wildman–Crippen LogP) is 7.37. The van der Waals surface area contributed by atoms with E-state index in [-0.39, 0.29) is 11.2 Å². The van der Waals surface area contributed by atoms with Gasteiger partial charge in [0.1, 0.15) is 0 Å². The van der Waals surface area contributed by atoms with E-state index in [1.807, 2.05) is 0 Å². The van der Waals surface area contributed by atoms with Crippen LogP contribution in [0, 0.1) is 0 Å². The van der Waals surface area contributed by atoms with Crippen LogP contribution in [0.5, 0.6) is 0 Å². The van der Waals surface area contributed by atoms with Gasteiger partial charge in [0.05, 0.1) is 0 Å². The fourth-order valence-electron chi connectivity index (χ4n) is 3.71. The van der Waals surface area contributed by atoms with Crippen LogP contribution >= 0.6 is 5.50 Å². The van der Waals surface area contributed by atoms with Crippen molar-refractivity contribution >= 4 is 11.5 Å². The Hall–Kier alpha value is 0.308. The second-order valence-corrected chi connectivity index (χ2v) is 17.3. The van der Waals surface area contributed by atoms with Gasteiger partial charge in [-0.1, -0.05) is 26.2 Å². The Morgan fingerprint density at radius 3 is 1.71 bits per heavy atom. The van der Waals surface area contributed by atoms with Crippen LogP contribution in [0.15, 0.2) is 4.76 Å². The molecule has 7 heteroatoms. The molecular formula is C24H50N3O2PW. The van der Waals surface area contributed by atoms with E-state index in [2.05, 4.69) is 65.3 Å². The molecule has 1 fully saturated rings. The summed E-state index contributed by atoms with van der Waals surface area (Å²) in [5.41, 5.74) is -2.86. The van der Waals surface area contributed by atoms with Crippen molar-refractivity contribution in [1.82, 2.24) is 9.80 Å². The summed E-state index contributed by atoms with van der Waals surface area (Å²) in [5, 5.41) is 0. The molecule has 0 aromatic carbocycles. The third-order valence-electron chi connectivity index (χ3n) is 5.10. The zero-order chi connectivity index (χ0) is 23.5. The van der Waals surface area contributed by atoms with Gasteiger partial charge >= 0.3 is 178 Å². The van der Waals surface area contributed by atoms with E-state index < -0.39 is 5.50 Å². The van der Waals surface area contributed by atoms with E-state index in [4.69, 9.17) is 13.8 Å². The van der Waals surface area contributed by atoms with Crippen molar-refractivity contribution in [3.8, 4) is 0 Å². The summed E-state index contributed by atoms with van der Waals surface area (Å²) in [6.45, 7) is 18.0. The molecule has 5 nitrogen and oxygen atoms in total. The SMILES string of the molecule is CCCCCCCCCCCCN1CCN(C)/C1=N\[P](=[W])(OC(C)(C)C)OC(C)(C)C. The number of guanidine groups is 1. The first-order valence-corrected chi connectivity index (χ1v) is 17.9. The van der Waals surface area contributed by atoms with Gasteiger partial charge < -0.3 is 0 Å². The third-order valence-corrected chi connectivity index (χ3v) is 9.57. The van der Waals surface area contributed by atoms with E-state index in [1.54, 1.807) is 0 Å². The second-order valence-electron chi connectivity index (χ2n) is 10.9. The first kappa shape index (κ1) is 29.3. The molecule has 0 radical (unpaired) electrons. The molecule has 0 bridgehead atoms. The monoisotopic (exact) mass is 627 g/mol. The Kier molecular flexibility index (Phi) is 13.1. The zero-order valence-corrected chi connectivity index (χ0v) is 25.5. The van der Waals surface area contributed by atoms with Crippen molar-refractivity contribution in [2.75, 3.05) is 26.7 Å². The normalized spacial score (nSPS) is 17.2. The van der Waals surface area contributed by atoms with Gasteiger partial charge in [-0.3, -0.25) is 0 Å². The van der Waals surface area contributed by atoms with Gasteiger partial charge in [0.15, 0.2) is 0 Å². The standard InChI is InChI=1S/C24H50N3O2P.W/c1-9-10-11-12-13-14-15-16-17-18-19-27-21-20-26(8)22(27)25-30(28-23(2,3)4)29-24(5,6)7;/h9-21H2,1-8H3;/b25-22+;. The summed E-state index contributed by atoms with van der Waals surface area (Å²) in [6.07, 6.45) is 13.7. The molecule has 1 rings (SSSR count). The van der Waals surface area contributed by atoms with E-state index in [0.717, 1.165) is 25.6 Å². The zero-order valence-electron chi connectivity index (χ0n) is 21.7. The second kappa shape index (κ2) is 13.9. The Morgan fingerprint density at radius 1 is 0.806 bits per heavy atom. The molecule has 0 aromatic rings. The molecular weight excluding hydrogens is 577 g/mol. The summed E-state index contributed by atoms with van der Waals surface area (Å²) in [4.78, 5) is 4.71. The molecule has 0 amide bonds. The van der Waals surface area contributed by atoms with Gasteiger partial charge in [0.2, 0.25) is 0 Å². The number of nitrogens with zero attached hydrogens (tertiary/aromatic N) is 3. The Morgan fingerprint density at radius 2 is 1.26 bits per heavy atom.